The molecule has 11 heteroatoms. The number of ether oxygens (including phenoxy) is 3. The third-order valence-corrected chi connectivity index (χ3v) is 8.12. The van der Waals surface area contributed by atoms with Crippen LogP contribution in [0.5, 0.6) is 17.2 Å². The quantitative estimate of drug-likeness (QED) is 0.216. The molecule has 3 aromatic rings. The second-order valence-electron chi connectivity index (χ2n) is 11.6. The van der Waals surface area contributed by atoms with Gasteiger partial charge in [0.2, 0.25) is 5.91 Å². The van der Waals surface area contributed by atoms with Crippen molar-refractivity contribution in [2.24, 2.45) is 5.73 Å². The molecule has 0 unspecified atom stereocenters. The van der Waals surface area contributed by atoms with Gasteiger partial charge in [-0.05, 0) is 93.9 Å². The number of amides is 3. The predicted octanol–water partition coefficient (Wildman–Crippen LogP) is 4.66. The number of rotatable bonds is 16. The molecule has 1 saturated heterocycles. The summed E-state index contributed by atoms with van der Waals surface area (Å²) in [6.45, 7) is 4.98. The average molecular weight is 646 g/mol. The van der Waals surface area contributed by atoms with Crippen molar-refractivity contribution in [2.75, 3.05) is 77.4 Å². The van der Waals surface area contributed by atoms with E-state index in [-0.39, 0.29) is 17.7 Å². The van der Waals surface area contributed by atoms with Crippen LogP contribution in [-0.4, -0.2) is 94.7 Å². The molecule has 0 spiro atoms. The summed E-state index contributed by atoms with van der Waals surface area (Å²) in [4.78, 5) is 44.6. The highest BCUT2D eigenvalue weighted by Gasteiger charge is 2.20. The molecule has 3 aromatic carbocycles. The summed E-state index contributed by atoms with van der Waals surface area (Å²) in [5.74, 6) is 1.19. The third kappa shape index (κ3) is 10.2. The lowest BCUT2D eigenvalue weighted by molar-refractivity contribution is -0.132. The summed E-state index contributed by atoms with van der Waals surface area (Å²) in [7, 11) is 5.27. The molecule has 11 nitrogen and oxygen atoms in total. The molecule has 47 heavy (non-hydrogen) atoms. The predicted molar refractivity (Wildman–Crippen MR) is 184 cm³/mol. The zero-order chi connectivity index (χ0) is 33.6. The molecule has 3 amide bonds. The second-order valence-corrected chi connectivity index (χ2v) is 11.6. The van der Waals surface area contributed by atoms with Crippen LogP contribution in [0.2, 0.25) is 0 Å². The Morgan fingerprint density at radius 2 is 1.57 bits per heavy atom. The van der Waals surface area contributed by atoms with Crippen LogP contribution in [-0.2, 0) is 4.79 Å². The van der Waals surface area contributed by atoms with Crippen LogP contribution in [0.4, 0.5) is 11.4 Å². The van der Waals surface area contributed by atoms with Gasteiger partial charge < -0.3 is 40.0 Å². The van der Waals surface area contributed by atoms with Gasteiger partial charge in [0.25, 0.3) is 11.8 Å². The molecular formula is C36H47N5O6. The minimum Gasteiger partial charge on any atom is -0.495 e. The summed E-state index contributed by atoms with van der Waals surface area (Å²) in [5.41, 5.74) is 7.47. The molecule has 0 aromatic heterocycles. The Morgan fingerprint density at radius 1 is 0.851 bits per heavy atom. The van der Waals surface area contributed by atoms with Gasteiger partial charge in [-0.2, -0.15) is 0 Å². The van der Waals surface area contributed by atoms with Gasteiger partial charge in [-0.25, -0.2) is 0 Å². The van der Waals surface area contributed by atoms with E-state index in [2.05, 4.69) is 17.3 Å². The maximum Gasteiger partial charge on any atom is 0.259 e. The molecular weight excluding hydrogens is 598 g/mol. The number of methoxy groups -OCH3 is 1. The molecule has 1 fully saturated rings. The summed E-state index contributed by atoms with van der Waals surface area (Å²) >= 11 is 0. The number of hydrogen-bond donors (Lipinski definition) is 2. The fourth-order valence-corrected chi connectivity index (χ4v) is 5.20. The van der Waals surface area contributed by atoms with Crippen LogP contribution >= 0.6 is 0 Å². The molecule has 4 rings (SSSR count). The lowest BCUT2D eigenvalue weighted by Crippen LogP contribution is -2.47. The highest BCUT2D eigenvalue weighted by Crippen LogP contribution is 2.29. The number of nitrogens with two attached hydrogens (primary N) is 1. The number of carbonyl (C=O) groups excluding carboxylic acids is 3. The van der Waals surface area contributed by atoms with Crippen molar-refractivity contribution >= 4 is 29.1 Å². The second kappa shape index (κ2) is 17.9. The van der Waals surface area contributed by atoms with Gasteiger partial charge in [0, 0.05) is 50.9 Å². The standard InChI is InChI=1S/C36H47N5O6/c1-39-20-22-41(23-21-39)34(42)12-5-4-8-24-46-29-16-14-28(15-17-29)40(2)36(44)27-13-18-31(33(26-27)45-3)38-35(43)30-10-6-7-11-32(30)47-25-9-19-37/h6-7,10-11,13-18,26H,4-5,8-9,12,19-25,37H2,1-3H3,(H,38,43). The van der Waals surface area contributed by atoms with Crippen molar-refractivity contribution in [3.63, 3.8) is 0 Å². The Bertz CT molecular complexity index is 1470. The van der Waals surface area contributed by atoms with E-state index in [1.54, 1.807) is 54.4 Å². The summed E-state index contributed by atoms with van der Waals surface area (Å²) in [6, 6.07) is 19.2. The van der Waals surface area contributed by atoms with E-state index in [1.807, 2.05) is 29.2 Å². The topological polar surface area (TPSA) is 127 Å². The molecule has 1 heterocycles. The smallest absolute Gasteiger partial charge is 0.259 e. The van der Waals surface area contributed by atoms with Crippen molar-refractivity contribution in [3.8, 4) is 17.2 Å². The first-order valence-corrected chi connectivity index (χ1v) is 16.2. The van der Waals surface area contributed by atoms with E-state index in [0.717, 1.165) is 51.2 Å². The molecule has 0 bridgehead atoms. The zero-order valence-electron chi connectivity index (χ0n) is 27.7. The lowest BCUT2D eigenvalue weighted by atomic mass is 10.1. The first-order chi connectivity index (χ1) is 22.8. The van der Waals surface area contributed by atoms with Crippen molar-refractivity contribution in [3.05, 3.63) is 77.9 Å². The largest absolute Gasteiger partial charge is 0.495 e. The van der Waals surface area contributed by atoms with Gasteiger partial charge in [-0.15, -0.1) is 0 Å². The monoisotopic (exact) mass is 645 g/mol. The van der Waals surface area contributed by atoms with Gasteiger partial charge in [0.15, 0.2) is 0 Å². The van der Waals surface area contributed by atoms with E-state index in [9.17, 15) is 14.4 Å². The third-order valence-electron chi connectivity index (χ3n) is 8.12. The Labute approximate surface area is 277 Å². The molecule has 0 radical (unpaired) electrons. The van der Waals surface area contributed by atoms with Crippen molar-refractivity contribution in [1.82, 2.24) is 9.80 Å². The minimum absolute atomic E-state index is 0.236. The highest BCUT2D eigenvalue weighted by atomic mass is 16.5. The van der Waals surface area contributed by atoms with Crippen LogP contribution in [0.25, 0.3) is 0 Å². The van der Waals surface area contributed by atoms with Crippen LogP contribution in [0, 0.1) is 0 Å². The fourth-order valence-electron chi connectivity index (χ4n) is 5.20. The maximum absolute atomic E-state index is 13.4. The maximum atomic E-state index is 13.4. The van der Waals surface area contributed by atoms with Gasteiger partial charge in [-0.1, -0.05) is 12.1 Å². The fraction of sp³-hybridized carbons (Fsp3) is 0.417. The number of hydrogen-bond acceptors (Lipinski definition) is 8. The van der Waals surface area contributed by atoms with Crippen LogP contribution in [0.3, 0.4) is 0 Å². The Kier molecular flexibility index (Phi) is 13.4. The number of nitrogens with one attached hydrogen (secondary N) is 1. The molecule has 0 aliphatic carbocycles. The van der Waals surface area contributed by atoms with Crippen LogP contribution in [0.1, 0.15) is 52.8 Å². The van der Waals surface area contributed by atoms with Crippen LogP contribution < -0.4 is 30.2 Å². The number of anilines is 2. The normalized spacial score (nSPS) is 13.1. The van der Waals surface area contributed by atoms with E-state index in [4.69, 9.17) is 19.9 Å². The Balaban J connectivity index is 1.25. The number of likely N-dealkylation sites (N-methyl/N-ethyl adjacent to an activating group) is 1. The van der Waals surface area contributed by atoms with Gasteiger partial charge in [0.05, 0.1) is 31.6 Å². The molecule has 1 aliphatic heterocycles. The molecule has 0 atom stereocenters. The number of benzene rings is 3. The average Bonchev–Trinajstić information content (AvgIpc) is 3.10. The van der Waals surface area contributed by atoms with Crippen molar-refractivity contribution < 1.29 is 28.6 Å². The van der Waals surface area contributed by atoms with Crippen LogP contribution in [0.15, 0.2) is 66.7 Å². The molecule has 3 N–H and O–H groups in total. The first kappa shape index (κ1) is 35.2. The minimum atomic E-state index is -0.360. The Morgan fingerprint density at radius 3 is 2.30 bits per heavy atom. The van der Waals surface area contributed by atoms with E-state index >= 15 is 0 Å². The highest BCUT2D eigenvalue weighted by molar-refractivity contribution is 6.09. The van der Waals surface area contributed by atoms with E-state index in [0.29, 0.717) is 66.6 Å². The van der Waals surface area contributed by atoms with E-state index < -0.39 is 0 Å². The Hall–Kier alpha value is -4.61. The van der Waals surface area contributed by atoms with Gasteiger partial charge >= 0.3 is 0 Å². The van der Waals surface area contributed by atoms with Gasteiger partial charge in [-0.3, -0.25) is 14.4 Å². The summed E-state index contributed by atoms with van der Waals surface area (Å²) in [5, 5.41) is 2.86. The summed E-state index contributed by atoms with van der Waals surface area (Å²) in [6.07, 6.45) is 3.91. The zero-order valence-corrected chi connectivity index (χ0v) is 27.7. The lowest BCUT2D eigenvalue weighted by Gasteiger charge is -2.32. The van der Waals surface area contributed by atoms with Crippen molar-refractivity contribution in [2.45, 2.75) is 32.1 Å². The summed E-state index contributed by atoms with van der Waals surface area (Å²) < 4.78 is 17.1. The molecule has 252 valence electrons. The van der Waals surface area contributed by atoms with E-state index in [1.165, 1.54) is 7.11 Å². The number of piperazine rings is 1. The number of unbranched alkanes of at least 4 members (excludes halogenated alkanes) is 2. The number of carbonyl (C=O) groups is 3. The molecule has 1 aliphatic rings. The SMILES string of the molecule is COc1cc(C(=O)N(C)c2ccc(OCCCCCC(=O)N3CCN(C)CC3)cc2)ccc1NC(=O)c1ccccc1OCCCN. The number of nitrogens with zero attached hydrogens (tertiary/aromatic N) is 3. The van der Waals surface area contributed by atoms with Crippen molar-refractivity contribution in [1.29, 1.82) is 0 Å². The first-order valence-electron chi connectivity index (χ1n) is 16.2. The number of para-hydroxylation sites is 1. The molecule has 0 saturated carbocycles. The van der Waals surface area contributed by atoms with Gasteiger partial charge in [0.1, 0.15) is 17.2 Å².